The fourth-order valence-electron chi connectivity index (χ4n) is 3.36. The number of anilines is 2. The Kier molecular flexibility index (Phi) is 6.44. The maximum Gasteiger partial charge on any atom is 0.259 e. The second-order valence-corrected chi connectivity index (χ2v) is 8.22. The summed E-state index contributed by atoms with van der Waals surface area (Å²) in [5.41, 5.74) is 1.91. The highest BCUT2D eigenvalue weighted by molar-refractivity contribution is 9.10. The van der Waals surface area contributed by atoms with Crippen LogP contribution in [0.25, 0.3) is 10.8 Å². The second-order valence-electron chi connectivity index (χ2n) is 6.99. The molecule has 32 heavy (non-hydrogen) atoms. The Balaban J connectivity index is 1.57. The van der Waals surface area contributed by atoms with E-state index in [9.17, 15) is 9.59 Å². The summed E-state index contributed by atoms with van der Waals surface area (Å²) < 4.78 is 6.22. The lowest BCUT2D eigenvalue weighted by Crippen LogP contribution is -2.15. The van der Waals surface area contributed by atoms with Gasteiger partial charge in [0.05, 0.1) is 17.1 Å². The Morgan fingerprint density at radius 2 is 1.53 bits per heavy atom. The summed E-state index contributed by atoms with van der Waals surface area (Å²) in [4.78, 5) is 25.6. The first-order valence-electron chi connectivity index (χ1n) is 9.70. The van der Waals surface area contributed by atoms with Crippen LogP contribution in [0, 0.1) is 0 Å². The molecule has 0 heterocycles. The number of hydrogen-bond donors (Lipinski definition) is 2. The molecule has 0 saturated heterocycles. The first-order valence-corrected chi connectivity index (χ1v) is 10.9. The molecule has 0 aliphatic heterocycles. The van der Waals surface area contributed by atoms with Crippen LogP contribution in [-0.4, -0.2) is 18.9 Å². The zero-order valence-electron chi connectivity index (χ0n) is 17.0. The summed E-state index contributed by atoms with van der Waals surface area (Å²) in [5, 5.41) is 8.03. The summed E-state index contributed by atoms with van der Waals surface area (Å²) in [6, 6.07) is 23.1. The van der Waals surface area contributed by atoms with E-state index in [1.165, 1.54) is 7.11 Å². The van der Waals surface area contributed by atoms with Crippen molar-refractivity contribution >= 4 is 61.5 Å². The van der Waals surface area contributed by atoms with E-state index in [4.69, 9.17) is 16.3 Å². The molecule has 7 heteroatoms. The van der Waals surface area contributed by atoms with E-state index >= 15 is 0 Å². The third-order valence-electron chi connectivity index (χ3n) is 4.85. The summed E-state index contributed by atoms with van der Waals surface area (Å²) in [7, 11) is 1.53. The molecular weight excluding hydrogens is 492 g/mol. The van der Waals surface area contributed by atoms with Gasteiger partial charge in [-0.3, -0.25) is 9.59 Å². The standard InChI is InChI=1S/C25H18BrClN2O3/c1-32-23-21(13-15-6-2-3-11-20(15)22(23)26)25(31)29-19-10-5-9-18(14-19)28-24(30)16-7-4-8-17(27)12-16/h2-14H,1H3,(H,28,30)(H,29,31). The van der Waals surface area contributed by atoms with Crippen LogP contribution in [-0.2, 0) is 0 Å². The molecular formula is C25H18BrClN2O3. The van der Waals surface area contributed by atoms with Crippen molar-refractivity contribution in [2.24, 2.45) is 0 Å². The minimum atomic E-state index is -0.327. The van der Waals surface area contributed by atoms with E-state index in [0.29, 0.717) is 37.7 Å². The predicted molar refractivity (Wildman–Crippen MR) is 132 cm³/mol. The number of amides is 2. The van der Waals surface area contributed by atoms with E-state index in [2.05, 4.69) is 26.6 Å². The molecule has 4 aromatic carbocycles. The fraction of sp³-hybridized carbons (Fsp3) is 0.0400. The number of benzene rings is 4. The van der Waals surface area contributed by atoms with Crippen LogP contribution in [0.4, 0.5) is 11.4 Å². The predicted octanol–water partition coefficient (Wildman–Crippen LogP) is 6.77. The number of methoxy groups -OCH3 is 1. The molecule has 4 rings (SSSR count). The average Bonchev–Trinajstić information content (AvgIpc) is 2.79. The molecule has 0 atom stereocenters. The topological polar surface area (TPSA) is 67.4 Å². The molecule has 0 unspecified atom stereocenters. The van der Waals surface area contributed by atoms with Crippen molar-refractivity contribution in [2.45, 2.75) is 0 Å². The van der Waals surface area contributed by atoms with Crippen molar-refractivity contribution in [1.29, 1.82) is 0 Å². The Morgan fingerprint density at radius 3 is 2.25 bits per heavy atom. The second kappa shape index (κ2) is 9.42. The van der Waals surface area contributed by atoms with E-state index in [1.807, 2.05) is 24.3 Å². The van der Waals surface area contributed by atoms with Gasteiger partial charge in [0.25, 0.3) is 11.8 Å². The molecule has 0 fully saturated rings. The highest BCUT2D eigenvalue weighted by atomic mass is 79.9. The minimum absolute atomic E-state index is 0.295. The lowest BCUT2D eigenvalue weighted by Gasteiger charge is -2.14. The average molecular weight is 510 g/mol. The van der Waals surface area contributed by atoms with Gasteiger partial charge < -0.3 is 15.4 Å². The minimum Gasteiger partial charge on any atom is -0.495 e. The Hall–Kier alpha value is -3.35. The van der Waals surface area contributed by atoms with Gasteiger partial charge in [0.1, 0.15) is 5.75 Å². The van der Waals surface area contributed by atoms with Crippen molar-refractivity contribution < 1.29 is 14.3 Å². The summed E-state index contributed by atoms with van der Waals surface area (Å²) in [6.45, 7) is 0. The molecule has 0 spiro atoms. The number of ether oxygens (including phenoxy) is 1. The Morgan fingerprint density at radius 1 is 0.844 bits per heavy atom. The van der Waals surface area contributed by atoms with E-state index in [-0.39, 0.29) is 11.8 Å². The Bertz CT molecular complexity index is 1340. The van der Waals surface area contributed by atoms with Crippen molar-refractivity contribution in [3.8, 4) is 5.75 Å². The van der Waals surface area contributed by atoms with Gasteiger partial charge in [0.2, 0.25) is 0 Å². The molecule has 0 aliphatic rings. The van der Waals surface area contributed by atoms with Gasteiger partial charge in [-0.25, -0.2) is 0 Å². The van der Waals surface area contributed by atoms with Crippen LogP contribution in [0.15, 0.2) is 83.3 Å². The zero-order chi connectivity index (χ0) is 22.7. The van der Waals surface area contributed by atoms with Crippen LogP contribution in [0.2, 0.25) is 5.02 Å². The van der Waals surface area contributed by atoms with Gasteiger partial charge in [0, 0.05) is 22.0 Å². The van der Waals surface area contributed by atoms with Crippen molar-refractivity contribution in [3.63, 3.8) is 0 Å². The quantitative estimate of drug-likeness (QED) is 0.312. The maximum atomic E-state index is 13.1. The Labute approximate surface area is 198 Å². The summed E-state index contributed by atoms with van der Waals surface area (Å²) in [5.74, 6) is -0.172. The molecule has 0 bridgehead atoms. The first-order chi connectivity index (χ1) is 15.5. The van der Waals surface area contributed by atoms with Crippen LogP contribution in [0.5, 0.6) is 5.75 Å². The molecule has 160 valence electrons. The monoisotopic (exact) mass is 508 g/mol. The van der Waals surface area contributed by atoms with Gasteiger partial charge in [-0.15, -0.1) is 0 Å². The fourth-order valence-corrected chi connectivity index (χ4v) is 4.29. The zero-order valence-corrected chi connectivity index (χ0v) is 19.3. The number of hydrogen-bond acceptors (Lipinski definition) is 3. The van der Waals surface area contributed by atoms with Gasteiger partial charge in [-0.2, -0.15) is 0 Å². The lowest BCUT2D eigenvalue weighted by molar-refractivity contribution is 0.101. The summed E-state index contributed by atoms with van der Waals surface area (Å²) in [6.07, 6.45) is 0. The van der Waals surface area contributed by atoms with Crippen LogP contribution >= 0.6 is 27.5 Å². The van der Waals surface area contributed by atoms with Gasteiger partial charge >= 0.3 is 0 Å². The highest BCUT2D eigenvalue weighted by Gasteiger charge is 2.18. The SMILES string of the molecule is COc1c(C(=O)Nc2cccc(NC(=O)c3cccc(Cl)c3)c2)cc2ccccc2c1Br. The highest BCUT2D eigenvalue weighted by Crippen LogP contribution is 2.37. The number of fused-ring (bicyclic) bond motifs is 1. The largest absolute Gasteiger partial charge is 0.495 e. The number of rotatable bonds is 5. The number of halogens is 2. The third kappa shape index (κ3) is 4.61. The van der Waals surface area contributed by atoms with Crippen molar-refractivity contribution in [1.82, 2.24) is 0 Å². The molecule has 5 nitrogen and oxygen atoms in total. The molecule has 0 aromatic heterocycles. The van der Waals surface area contributed by atoms with Crippen LogP contribution in [0.3, 0.4) is 0 Å². The molecule has 0 radical (unpaired) electrons. The van der Waals surface area contributed by atoms with Crippen molar-refractivity contribution in [3.05, 3.63) is 99.5 Å². The first kappa shape index (κ1) is 21.9. The van der Waals surface area contributed by atoms with E-state index < -0.39 is 0 Å². The van der Waals surface area contributed by atoms with Crippen LogP contribution in [0.1, 0.15) is 20.7 Å². The number of nitrogens with one attached hydrogen (secondary N) is 2. The molecule has 0 saturated carbocycles. The van der Waals surface area contributed by atoms with Gasteiger partial charge in [-0.1, -0.05) is 48.0 Å². The van der Waals surface area contributed by atoms with Crippen molar-refractivity contribution in [2.75, 3.05) is 17.7 Å². The van der Waals surface area contributed by atoms with Crippen LogP contribution < -0.4 is 15.4 Å². The number of carbonyl (C=O) groups is 2. The third-order valence-corrected chi connectivity index (χ3v) is 5.88. The van der Waals surface area contributed by atoms with Gasteiger partial charge in [-0.05, 0) is 69.2 Å². The molecule has 4 aromatic rings. The molecule has 2 amide bonds. The molecule has 0 aliphatic carbocycles. The smallest absolute Gasteiger partial charge is 0.259 e. The molecule has 2 N–H and O–H groups in total. The normalized spacial score (nSPS) is 10.6. The van der Waals surface area contributed by atoms with E-state index in [0.717, 1.165) is 10.8 Å². The lowest BCUT2D eigenvalue weighted by atomic mass is 10.0. The maximum absolute atomic E-state index is 13.1. The number of carbonyl (C=O) groups excluding carboxylic acids is 2. The summed E-state index contributed by atoms with van der Waals surface area (Å²) >= 11 is 9.51. The van der Waals surface area contributed by atoms with E-state index in [1.54, 1.807) is 54.6 Å². The van der Waals surface area contributed by atoms with Gasteiger partial charge in [0.15, 0.2) is 0 Å².